The summed E-state index contributed by atoms with van der Waals surface area (Å²) in [6.45, 7) is 0. The molecular weight excluding hydrogens is 238 g/mol. The van der Waals surface area contributed by atoms with Gasteiger partial charge >= 0.3 is 0 Å². The van der Waals surface area contributed by atoms with Crippen LogP contribution >= 0.6 is 11.6 Å². The second-order valence-electron chi connectivity index (χ2n) is 4.77. The standard InChI is InChI=1S/C13H18ClNO2/c14-10-7-9(5-6-11(10)16)12(15)13(17)8-3-1-2-4-8/h5-8,12-13,16-17H,1-4,15H2/t12-,13+/m1/s1. The maximum atomic E-state index is 10.2. The summed E-state index contributed by atoms with van der Waals surface area (Å²) in [6, 6.07) is 4.42. The highest BCUT2D eigenvalue weighted by Crippen LogP contribution is 2.34. The number of halogens is 1. The van der Waals surface area contributed by atoms with Crippen LogP contribution in [0.3, 0.4) is 0 Å². The molecule has 4 heteroatoms. The lowest BCUT2D eigenvalue weighted by Crippen LogP contribution is -2.31. The molecule has 1 fully saturated rings. The molecule has 1 saturated carbocycles. The van der Waals surface area contributed by atoms with Gasteiger partial charge in [0.05, 0.1) is 17.2 Å². The van der Waals surface area contributed by atoms with Crippen LogP contribution in [-0.4, -0.2) is 16.3 Å². The lowest BCUT2D eigenvalue weighted by Gasteiger charge is -2.24. The molecule has 1 aromatic carbocycles. The molecule has 0 bridgehead atoms. The molecule has 1 aliphatic rings. The largest absolute Gasteiger partial charge is 0.506 e. The Morgan fingerprint density at radius 1 is 1.29 bits per heavy atom. The summed E-state index contributed by atoms with van der Waals surface area (Å²) in [5.74, 6) is 0.329. The number of aliphatic hydroxyl groups is 1. The van der Waals surface area contributed by atoms with Crippen molar-refractivity contribution in [2.75, 3.05) is 0 Å². The van der Waals surface area contributed by atoms with E-state index < -0.39 is 12.1 Å². The molecule has 1 aromatic rings. The molecule has 0 spiro atoms. The first-order chi connectivity index (χ1) is 8.09. The fourth-order valence-corrected chi connectivity index (χ4v) is 2.71. The van der Waals surface area contributed by atoms with E-state index in [-0.39, 0.29) is 16.7 Å². The summed E-state index contributed by atoms with van der Waals surface area (Å²) in [4.78, 5) is 0. The van der Waals surface area contributed by atoms with Crippen LogP contribution in [0.4, 0.5) is 0 Å². The van der Waals surface area contributed by atoms with Gasteiger partial charge in [-0.1, -0.05) is 30.5 Å². The zero-order chi connectivity index (χ0) is 12.4. The molecule has 0 saturated heterocycles. The third-order valence-electron chi connectivity index (χ3n) is 3.61. The number of hydrogen-bond acceptors (Lipinski definition) is 3. The van der Waals surface area contributed by atoms with E-state index in [1.807, 2.05) is 0 Å². The highest BCUT2D eigenvalue weighted by Gasteiger charge is 2.28. The summed E-state index contributed by atoms with van der Waals surface area (Å²) in [7, 11) is 0. The van der Waals surface area contributed by atoms with E-state index in [1.54, 1.807) is 12.1 Å². The van der Waals surface area contributed by atoms with E-state index in [9.17, 15) is 10.2 Å². The van der Waals surface area contributed by atoms with Crippen LogP contribution in [0.15, 0.2) is 18.2 Å². The van der Waals surface area contributed by atoms with Crippen LogP contribution in [0.2, 0.25) is 5.02 Å². The number of phenolic OH excluding ortho intramolecular Hbond substituents is 1. The van der Waals surface area contributed by atoms with Gasteiger partial charge in [-0.25, -0.2) is 0 Å². The number of aliphatic hydroxyl groups excluding tert-OH is 1. The smallest absolute Gasteiger partial charge is 0.134 e. The predicted molar refractivity (Wildman–Crippen MR) is 68.0 cm³/mol. The van der Waals surface area contributed by atoms with Crippen molar-refractivity contribution in [3.05, 3.63) is 28.8 Å². The Kier molecular flexibility index (Phi) is 3.92. The number of hydrogen-bond donors (Lipinski definition) is 3. The molecule has 94 valence electrons. The van der Waals surface area contributed by atoms with Crippen LogP contribution in [0.25, 0.3) is 0 Å². The minimum absolute atomic E-state index is 0.0398. The first-order valence-electron chi connectivity index (χ1n) is 6.01. The second kappa shape index (κ2) is 5.25. The molecule has 0 aliphatic heterocycles. The van der Waals surface area contributed by atoms with Crippen LogP contribution in [-0.2, 0) is 0 Å². The van der Waals surface area contributed by atoms with Crippen LogP contribution in [0.1, 0.15) is 37.3 Å². The Hall–Kier alpha value is -0.770. The quantitative estimate of drug-likeness (QED) is 0.778. The normalized spacial score (nSPS) is 20.4. The number of nitrogens with two attached hydrogens (primary N) is 1. The highest BCUT2D eigenvalue weighted by molar-refractivity contribution is 6.32. The molecule has 0 unspecified atom stereocenters. The van der Waals surface area contributed by atoms with Gasteiger partial charge in [-0.05, 0) is 36.5 Å². The van der Waals surface area contributed by atoms with Crippen molar-refractivity contribution in [1.29, 1.82) is 0 Å². The van der Waals surface area contributed by atoms with Crippen molar-refractivity contribution < 1.29 is 10.2 Å². The van der Waals surface area contributed by atoms with Gasteiger partial charge in [-0.3, -0.25) is 0 Å². The predicted octanol–water partition coefficient (Wildman–Crippen LogP) is 2.60. The molecule has 0 heterocycles. The summed E-state index contributed by atoms with van der Waals surface area (Å²) < 4.78 is 0. The van der Waals surface area contributed by atoms with Gasteiger partial charge in [0.1, 0.15) is 5.75 Å². The summed E-state index contributed by atoms with van der Waals surface area (Å²) in [5.41, 5.74) is 6.82. The van der Waals surface area contributed by atoms with E-state index in [0.717, 1.165) is 18.4 Å². The zero-order valence-electron chi connectivity index (χ0n) is 9.64. The third kappa shape index (κ3) is 2.73. The molecule has 1 aliphatic carbocycles. The highest BCUT2D eigenvalue weighted by atomic mass is 35.5. The minimum atomic E-state index is -0.530. The molecule has 3 nitrogen and oxygen atoms in total. The van der Waals surface area contributed by atoms with Gasteiger partial charge in [0.2, 0.25) is 0 Å². The first-order valence-corrected chi connectivity index (χ1v) is 6.39. The lowest BCUT2D eigenvalue weighted by molar-refractivity contribution is 0.0845. The summed E-state index contributed by atoms with van der Waals surface area (Å²) >= 11 is 5.84. The summed E-state index contributed by atoms with van der Waals surface area (Å²) in [5, 5.41) is 19.8. The van der Waals surface area contributed by atoms with E-state index in [4.69, 9.17) is 17.3 Å². The van der Waals surface area contributed by atoms with E-state index in [0.29, 0.717) is 0 Å². The number of phenols is 1. The Labute approximate surface area is 106 Å². The molecule has 0 radical (unpaired) electrons. The fourth-order valence-electron chi connectivity index (χ4n) is 2.52. The SMILES string of the molecule is N[C@H](c1ccc(O)c(Cl)c1)[C@@H](O)C1CCCC1. The molecular formula is C13H18ClNO2. The van der Waals surface area contributed by atoms with Crippen molar-refractivity contribution in [2.45, 2.75) is 37.8 Å². The van der Waals surface area contributed by atoms with Crippen LogP contribution < -0.4 is 5.73 Å². The van der Waals surface area contributed by atoms with Crippen molar-refractivity contribution in [2.24, 2.45) is 11.7 Å². The molecule has 2 atom stereocenters. The first kappa shape index (κ1) is 12.7. The molecule has 17 heavy (non-hydrogen) atoms. The molecule has 2 rings (SSSR count). The Balaban J connectivity index is 2.12. The van der Waals surface area contributed by atoms with E-state index >= 15 is 0 Å². The Morgan fingerprint density at radius 2 is 1.94 bits per heavy atom. The van der Waals surface area contributed by atoms with Gasteiger partial charge < -0.3 is 15.9 Å². The van der Waals surface area contributed by atoms with Gasteiger partial charge in [-0.2, -0.15) is 0 Å². The van der Waals surface area contributed by atoms with Crippen LogP contribution in [0.5, 0.6) is 5.75 Å². The topological polar surface area (TPSA) is 66.5 Å². The average molecular weight is 256 g/mol. The monoisotopic (exact) mass is 255 g/mol. The third-order valence-corrected chi connectivity index (χ3v) is 3.91. The second-order valence-corrected chi connectivity index (χ2v) is 5.18. The van der Waals surface area contributed by atoms with Crippen LogP contribution in [0, 0.1) is 5.92 Å². The average Bonchev–Trinajstić information content (AvgIpc) is 2.84. The zero-order valence-corrected chi connectivity index (χ0v) is 10.4. The van der Waals surface area contributed by atoms with Crippen molar-refractivity contribution in [3.8, 4) is 5.75 Å². The van der Waals surface area contributed by atoms with Gasteiger partial charge in [0, 0.05) is 0 Å². The maximum Gasteiger partial charge on any atom is 0.134 e. The fraction of sp³-hybridized carbons (Fsp3) is 0.538. The van der Waals surface area contributed by atoms with E-state index in [2.05, 4.69) is 0 Å². The summed E-state index contributed by atoms with van der Waals surface area (Å²) in [6.07, 6.45) is 3.90. The molecule has 0 amide bonds. The maximum absolute atomic E-state index is 10.2. The van der Waals surface area contributed by atoms with E-state index in [1.165, 1.54) is 18.9 Å². The van der Waals surface area contributed by atoms with Crippen molar-refractivity contribution >= 4 is 11.6 Å². The lowest BCUT2D eigenvalue weighted by atomic mass is 9.91. The molecule has 4 N–H and O–H groups in total. The number of aromatic hydroxyl groups is 1. The van der Waals surface area contributed by atoms with Gasteiger partial charge in [0.15, 0.2) is 0 Å². The van der Waals surface area contributed by atoms with Crippen molar-refractivity contribution in [1.82, 2.24) is 0 Å². The molecule has 0 aromatic heterocycles. The Morgan fingerprint density at radius 3 is 2.53 bits per heavy atom. The minimum Gasteiger partial charge on any atom is -0.506 e. The number of benzene rings is 1. The van der Waals surface area contributed by atoms with Crippen molar-refractivity contribution in [3.63, 3.8) is 0 Å². The number of rotatable bonds is 3. The van der Waals surface area contributed by atoms with Gasteiger partial charge in [-0.15, -0.1) is 0 Å². The van der Waals surface area contributed by atoms with Gasteiger partial charge in [0.25, 0.3) is 0 Å². The Bertz CT molecular complexity index is 391.